The van der Waals surface area contributed by atoms with E-state index in [1.54, 1.807) is 21.9 Å². The van der Waals surface area contributed by atoms with Gasteiger partial charge in [-0.15, -0.1) is 0 Å². The van der Waals surface area contributed by atoms with Gasteiger partial charge in [-0.1, -0.05) is 42.5 Å². The fourth-order valence-electron chi connectivity index (χ4n) is 4.31. The zero-order valence-corrected chi connectivity index (χ0v) is 16.9. The van der Waals surface area contributed by atoms with Crippen LogP contribution in [-0.2, 0) is 9.59 Å². The molecule has 2 saturated heterocycles. The van der Waals surface area contributed by atoms with Crippen molar-refractivity contribution in [3.8, 4) is 11.1 Å². The molecule has 0 aromatic heterocycles. The number of Topliss-reactive ketones (excluding diaryl/α,β-unsaturated/α-hetero) is 1. The summed E-state index contributed by atoms with van der Waals surface area (Å²) in [4.78, 5) is 40.7. The number of hydrogen-bond acceptors (Lipinski definition) is 3. The fourth-order valence-corrected chi connectivity index (χ4v) is 4.31. The van der Waals surface area contributed by atoms with Gasteiger partial charge in [0, 0.05) is 43.1 Å². The van der Waals surface area contributed by atoms with E-state index in [-0.39, 0.29) is 30.1 Å². The molecule has 2 aliphatic heterocycles. The van der Waals surface area contributed by atoms with Crippen LogP contribution in [0.3, 0.4) is 0 Å². The lowest BCUT2D eigenvalue weighted by molar-refractivity contribution is -0.139. The molecule has 0 bridgehead atoms. The second-order valence-corrected chi connectivity index (χ2v) is 8.02. The number of carbonyl (C=O) groups is 3. The Kier molecular flexibility index (Phi) is 5.93. The quantitative estimate of drug-likeness (QED) is 0.711. The van der Waals surface area contributed by atoms with E-state index >= 15 is 0 Å². The third-order valence-corrected chi connectivity index (χ3v) is 5.98. The summed E-state index contributed by atoms with van der Waals surface area (Å²) >= 11 is 0. The largest absolute Gasteiger partial charge is 0.340 e. The molecule has 0 spiro atoms. The van der Waals surface area contributed by atoms with Gasteiger partial charge in [0.25, 0.3) is 0 Å². The SMILES string of the molecule is O=C(c1ccc(-c2ccccc2)c(F)c1)[C@@H]1CCCN(C(=O)CN2CCCC2=O)C1. The van der Waals surface area contributed by atoms with Crippen molar-refractivity contribution in [2.75, 3.05) is 26.2 Å². The molecule has 0 aliphatic carbocycles. The fraction of sp³-hybridized carbons (Fsp3) is 0.375. The van der Waals surface area contributed by atoms with Gasteiger partial charge < -0.3 is 9.80 Å². The number of benzene rings is 2. The highest BCUT2D eigenvalue weighted by Gasteiger charge is 2.31. The van der Waals surface area contributed by atoms with E-state index in [2.05, 4.69) is 0 Å². The van der Waals surface area contributed by atoms with Crippen LogP contribution in [0.5, 0.6) is 0 Å². The van der Waals surface area contributed by atoms with Crippen molar-refractivity contribution in [1.29, 1.82) is 0 Å². The highest BCUT2D eigenvalue weighted by Crippen LogP contribution is 2.26. The number of likely N-dealkylation sites (tertiary alicyclic amines) is 2. The lowest BCUT2D eigenvalue weighted by Gasteiger charge is -2.33. The predicted octanol–water partition coefficient (Wildman–Crippen LogP) is 3.54. The summed E-state index contributed by atoms with van der Waals surface area (Å²) in [6.07, 6.45) is 2.69. The van der Waals surface area contributed by atoms with Crippen LogP contribution in [-0.4, -0.2) is 53.6 Å². The average molecular weight is 408 g/mol. The van der Waals surface area contributed by atoms with Crippen LogP contribution >= 0.6 is 0 Å². The maximum Gasteiger partial charge on any atom is 0.242 e. The van der Waals surface area contributed by atoms with Crippen molar-refractivity contribution in [1.82, 2.24) is 9.80 Å². The van der Waals surface area contributed by atoms with E-state index in [1.807, 2.05) is 30.3 Å². The van der Waals surface area contributed by atoms with Crippen LogP contribution < -0.4 is 0 Å². The molecule has 1 atom stereocenters. The molecule has 156 valence electrons. The molecule has 4 rings (SSSR count). The number of amides is 2. The molecule has 2 aliphatic rings. The normalized spacial score (nSPS) is 19.2. The van der Waals surface area contributed by atoms with Crippen LogP contribution in [0.25, 0.3) is 11.1 Å². The van der Waals surface area contributed by atoms with Gasteiger partial charge >= 0.3 is 0 Å². The Morgan fingerprint density at radius 3 is 2.53 bits per heavy atom. The minimum Gasteiger partial charge on any atom is -0.340 e. The molecule has 2 heterocycles. The molecule has 0 N–H and O–H groups in total. The van der Waals surface area contributed by atoms with E-state index in [9.17, 15) is 18.8 Å². The third-order valence-electron chi connectivity index (χ3n) is 5.98. The van der Waals surface area contributed by atoms with Crippen molar-refractivity contribution in [3.05, 3.63) is 59.9 Å². The van der Waals surface area contributed by atoms with Crippen LogP contribution in [0.15, 0.2) is 48.5 Å². The third kappa shape index (κ3) is 4.27. The van der Waals surface area contributed by atoms with Crippen molar-refractivity contribution in [2.45, 2.75) is 25.7 Å². The molecule has 6 heteroatoms. The van der Waals surface area contributed by atoms with Gasteiger partial charge in [-0.3, -0.25) is 14.4 Å². The van der Waals surface area contributed by atoms with Crippen molar-refractivity contribution >= 4 is 17.6 Å². The number of ketones is 1. The van der Waals surface area contributed by atoms with E-state index in [4.69, 9.17) is 0 Å². The number of rotatable bonds is 5. The second kappa shape index (κ2) is 8.78. The van der Waals surface area contributed by atoms with E-state index in [0.717, 1.165) is 18.4 Å². The summed E-state index contributed by atoms with van der Waals surface area (Å²) in [5.74, 6) is -1.01. The van der Waals surface area contributed by atoms with Gasteiger partial charge in [0.1, 0.15) is 5.82 Å². The van der Waals surface area contributed by atoms with E-state index in [1.165, 1.54) is 6.07 Å². The highest BCUT2D eigenvalue weighted by atomic mass is 19.1. The standard InChI is InChI=1S/C24H25FN2O3/c25-21-14-18(10-11-20(21)17-6-2-1-3-7-17)24(30)19-8-4-12-26(15-19)23(29)16-27-13-5-9-22(27)28/h1-3,6-7,10-11,14,19H,4-5,8-9,12-13,15-16H2/t19-/m1/s1. The first kappa shape index (κ1) is 20.3. The first-order valence-electron chi connectivity index (χ1n) is 10.5. The molecule has 2 fully saturated rings. The van der Waals surface area contributed by atoms with Crippen LogP contribution in [0.4, 0.5) is 4.39 Å². The van der Waals surface area contributed by atoms with Gasteiger partial charge in [-0.05, 0) is 30.9 Å². The first-order valence-corrected chi connectivity index (χ1v) is 10.5. The number of halogens is 1. The summed E-state index contributed by atoms with van der Waals surface area (Å²) in [5.41, 5.74) is 1.56. The number of nitrogens with zero attached hydrogens (tertiary/aromatic N) is 2. The van der Waals surface area contributed by atoms with Crippen LogP contribution in [0.1, 0.15) is 36.0 Å². The Morgan fingerprint density at radius 1 is 1.03 bits per heavy atom. The predicted molar refractivity (Wildman–Crippen MR) is 111 cm³/mol. The molecule has 2 amide bonds. The lowest BCUT2D eigenvalue weighted by Crippen LogP contribution is -2.46. The Labute approximate surface area is 175 Å². The Hall–Kier alpha value is -3.02. The summed E-state index contributed by atoms with van der Waals surface area (Å²) in [7, 11) is 0. The molecule has 2 aromatic rings. The first-order chi connectivity index (χ1) is 14.5. The molecular weight excluding hydrogens is 383 g/mol. The van der Waals surface area contributed by atoms with Gasteiger partial charge in [0.15, 0.2) is 5.78 Å². The minimum absolute atomic E-state index is 0.0157. The van der Waals surface area contributed by atoms with Crippen molar-refractivity contribution in [3.63, 3.8) is 0 Å². The van der Waals surface area contributed by atoms with E-state index in [0.29, 0.717) is 43.6 Å². The smallest absolute Gasteiger partial charge is 0.242 e. The molecule has 0 unspecified atom stereocenters. The van der Waals surface area contributed by atoms with Crippen molar-refractivity contribution in [2.24, 2.45) is 5.92 Å². The zero-order chi connectivity index (χ0) is 21.1. The summed E-state index contributed by atoms with van der Waals surface area (Å²) in [6.45, 7) is 1.61. The van der Waals surface area contributed by atoms with Crippen molar-refractivity contribution < 1.29 is 18.8 Å². The van der Waals surface area contributed by atoms with Gasteiger partial charge in [-0.2, -0.15) is 0 Å². The topological polar surface area (TPSA) is 57.7 Å². The minimum atomic E-state index is -0.427. The summed E-state index contributed by atoms with van der Waals surface area (Å²) in [5, 5.41) is 0. The molecule has 0 radical (unpaired) electrons. The lowest BCUT2D eigenvalue weighted by atomic mass is 9.89. The van der Waals surface area contributed by atoms with Crippen LogP contribution in [0.2, 0.25) is 0 Å². The Bertz CT molecular complexity index is 960. The van der Waals surface area contributed by atoms with Gasteiger partial charge in [0.05, 0.1) is 6.54 Å². The second-order valence-electron chi connectivity index (χ2n) is 8.02. The molecule has 2 aromatic carbocycles. The Morgan fingerprint density at radius 2 is 1.83 bits per heavy atom. The van der Waals surface area contributed by atoms with E-state index < -0.39 is 5.82 Å². The summed E-state index contributed by atoms with van der Waals surface area (Å²) < 4.78 is 14.7. The monoisotopic (exact) mass is 408 g/mol. The molecule has 0 saturated carbocycles. The zero-order valence-electron chi connectivity index (χ0n) is 16.9. The maximum absolute atomic E-state index is 14.7. The van der Waals surface area contributed by atoms with Crippen LogP contribution in [0, 0.1) is 11.7 Å². The number of piperidine rings is 1. The highest BCUT2D eigenvalue weighted by molar-refractivity contribution is 5.99. The van der Waals surface area contributed by atoms with Gasteiger partial charge in [-0.25, -0.2) is 4.39 Å². The maximum atomic E-state index is 14.7. The van der Waals surface area contributed by atoms with Gasteiger partial charge in [0.2, 0.25) is 11.8 Å². The number of hydrogen-bond donors (Lipinski definition) is 0. The Balaban J connectivity index is 1.43. The molecule has 30 heavy (non-hydrogen) atoms. The molecule has 5 nitrogen and oxygen atoms in total. The number of carbonyl (C=O) groups excluding carboxylic acids is 3. The average Bonchev–Trinajstić information content (AvgIpc) is 3.18. The summed E-state index contributed by atoms with van der Waals surface area (Å²) in [6, 6.07) is 13.8. The molecular formula is C24H25FN2O3.